The number of nitrogens with zero attached hydrogens (tertiary/aromatic N) is 1. The van der Waals surface area contributed by atoms with Gasteiger partial charge in [-0.2, -0.15) is 13.2 Å². The van der Waals surface area contributed by atoms with Crippen LogP contribution in [0.25, 0.3) is 0 Å². The van der Waals surface area contributed by atoms with Crippen molar-refractivity contribution in [2.75, 3.05) is 6.54 Å². The summed E-state index contributed by atoms with van der Waals surface area (Å²) < 4.78 is 55.7. The lowest BCUT2D eigenvalue weighted by atomic mass is 9.76. The summed E-state index contributed by atoms with van der Waals surface area (Å²) in [5.74, 6) is -0.509. The molecule has 0 radical (unpaired) electrons. The molecule has 138 valence electrons. The Morgan fingerprint density at radius 2 is 1.65 bits per heavy atom. The lowest BCUT2D eigenvalue weighted by Gasteiger charge is -2.32. The Balaban J connectivity index is 2.06. The molecule has 0 saturated heterocycles. The number of halogens is 8. The van der Waals surface area contributed by atoms with Crippen molar-refractivity contribution < 1.29 is 17.6 Å². The predicted molar refractivity (Wildman–Crippen MR) is 99.3 cm³/mol. The van der Waals surface area contributed by atoms with Crippen molar-refractivity contribution in [1.82, 2.24) is 0 Å². The van der Waals surface area contributed by atoms with Gasteiger partial charge in [-0.3, -0.25) is 4.99 Å². The Hall–Kier alpha value is -0.820. The number of hydrogen-bond donors (Lipinski definition) is 0. The molecular weight excluding hydrogens is 480 g/mol. The van der Waals surface area contributed by atoms with Gasteiger partial charge in [0.2, 0.25) is 0 Å². The summed E-state index contributed by atoms with van der Waals surface area (Å²) in [5, 5.41) is -0.123. The third kappa shape index (κ3) is 3.37. The first-order valence-electron chi connectivity index (χ1n) is 7.26. The van der Waals surface area contributed by atoms with Crippen molar-refractivity contribution in [3.8, 4) is 0 Å². The lowest BCUT2D eigenvalue weighted by molar-refractivity contribution is -0.183. The van der Waals surface area contributed by atoms with Crippen LogP contribution in [0.3, 0.4) is 0 Å². The molecule has 0 N–H and O–H groups in total. The minimum atomic E-state index is -4.60. The van der Waals surface area contributed by atoms with Crippen LogP contribution in [0.1, 0.15) is 17.5 Å². The molecule has 0 aromatic heterocycles. The van der Waals surface area contributed by atoms with Gasteiger partial charge in [-0.1, -0.05) is 40.9 Å². The van der Waals surface area contributed by atoms with Crippen molar-refractivity contribution >= 4 is 56.4 Å². The molecule has 9 heteroatoms. The van der Waals surface area contributed by atoms with Crippen molar-refractivity contribution in [1.29, 1.82) is 0 Å². The summed E-state index contributed by atoms with van der Waals surface area (Å²) in [6.07, 6.45) is -5.02. The molecule has 26 heavy (non-hydrogen) atoms. The van der Waals surface area contributed by atoms with E-state index < -0.39 is 30.4 Å². The van der Waals surface area contributed by atoms with Crippen LogP contribution >= 0.6 is 50.7 Å². The summed E-state index contributed by atoms with van der Waals surface area (Å²) in [7, 11) is 0. The van der Waals surface area contributed by atoms with Gasteiger partial charge >= 0.3 is 6.18 Å². The van der Waals surface area contributed by atoms with E-state index >= 15 is 0 Å². The van der Waals surface area contributed by atoms with Crippen LogP contribution in [-0.4, -0.2) is 18.4 Å². The zero-order chi connectivity index (χ0) is 19.3. The van der Waals surface area contributed by atoms with Gasteiger partial charge in [0.25, 0.3) is 0 Å². The van der Waals surface area contributed by atoms with Crippen LogP contribution in [0.4, 0.5) is 17.6 Å². The topological polar surface area (TPSA) is 12.4 Å². The molecule has 1 heterocycles. The molecule has 0 fully saturated rings. The molecule has 0 bridgehead atoms. The fraction of sp³-hybridized carbons (Fsp3) is 0.235. The van der Waals surface area contributed by atoms with E-state index in [2.05, 4.69) is 20.9 Å². The van der Waals surface area contributed by atoms with Gasteiger partial charge in [-0.25, -0.2) is 4.39 Å². The molecule has 2 aromatic rings. The van der Waals surface area contributed by atoms with Gasteiger partial charge in [-0.15, -0.1) is 0 Å². The molecule has 0 spiro atoms. The first-order chi connectivity index (χ1) is 12.0. The standard InChI is InChI=1S/C17H9BrCl3F4N/c18-10-3-8(1-2-13(10)22)14-6-16(7-26-14,17(23,24)25)9-4-11(19)15(21)12(20)5-9/h1-5H,6-7H2/t16-/m1/s1. The molecule has 0 amide bonds. The maximum atomic E-state index is 14.0. The molecular formula is C17H9BrCl3F4N. The van der Waals surface area contributed by atoms with Crippen molar-refractivity contribution in [3.05, 3.63) is 66.8 Å². The molecule has 0 aliphatic carbocycles. The summed E-state index contributed by atoms with van der Waals surface area (Å²) in [6.45, 7) is -0.519. The molecule has 2 aromatic carbocycles. The normalized spacial score (nSPS) is 20.4. The number of benzene rings is 2. The molecule has 0 unspecified atom stereocenters. The highest BCUT2D eigenvalue weighted by atomic mass is 79.9. The summed E-state index contributed by atoms with van der Waals surface area (Å²) >= 11 is 20.8. The minimum Gasteiger partial charge on any atom is -0.288 e. The fourth-order valence-electron chi connectivity index (χ4n) is 2.88. The Morgan fingerprint density at radius 1 is 1.04 bits per heavy atom. The number of alkyl halides is 3. The third-order valence-electron chi connectivity index (χ3n) is 4.34. The Kier molecular flexibility index (Phi) is 5.34. The third-order valence-corrected chi connectivity index (χ3v) is 6.15. The van der Waals surface area contributed by atoms with E-state index in [1.165, 1.54) is 30.3 Å². The first kappa shape index (κ1) is 19.9. The zero-order valence-corrected chi connectivity index (χ0v) is 16.6. The highest BCUT2D eigenvalue weighted by Gasteiger charge is 2.58. The van der Waals surface area contributed by atoms with Gasteiger partial charge in [0.1, 0.15) is 11.2 Å². The second-order valence-corrected chi connectivity index (χ2v) is 7.95. The number of hydrogen-bond acceptors (Lipinski definition) is 1. The van der Waals surface area contributed by atoms with Crippen LogP contribution in [0.2, 0.25) is 15.1 Å². The Morgan fingerprint density at radius 3 is 2.19 bits per heavy atom. The van der Waals surface area contributed by atoms with E-state index in [1.54, 1.807) is 0 Å². The first-order valence-corrected chi connectivity index (χ1v) is 9.18. The van der Waals surface area contributed by atoms with Gasteiger partial charge in [-0.05, 0) is 51.3 Å². The second-order valence-electron chi connectivity index (χ2n) is 5.90. The molecule has 3 rings (SSSR count). The molecule has 0 saturated carbocycles. The smallest absolute Gasteiger partial charge is 0.288 e. The van der Waals surface area contributed by atoms with E-state index in [1.807, 2.05) is 0 Å². The minimum absolute atomic E-state index is 0.00369. The molecule has 1 nitrogen and oxygen atoms in total. The molecule has 1 aliphatic heterocycles. The number of aliphatic imine (C=N–C) groups is 1. The van der Waals surface area contributed by atoms with Crippen molar-refractivity contribution in [2.24, 2.45) is 4.99 Å². The Bertz CT molecular complexity index is 890. The van der Waals surface area contributed by atoms with Crippen molar-refractivity contribution in [2.45, 2.75) is 18.0 Å². The van der Waals surface area contributed by atoms with Gasteiger partial charge in [0.15, 0.2) is 0 Å². The molecule has 1 aliphatic rings. The maximum Gasteiger partial charge on any atom is 0.400 e. The van der Waals surface area contributed by atoms with E-state index in [0.29, 0.717) is 5.56 Å². The van der Waals surface area contributed by atoms with Crippen LogP contribution in [0.15, 0.2) is 39.8 Å². The predicted octanol–water partition coefficient (Wildman–Crippen LogP) is 7.24. The molecule has 1 atom stereocenters. The lowest BCUT2D eigenvalue weighted by Crippen LogP contribution is -2.43. The monoisotopic (exact) mass is 487 g/mol. The maximum absolute atomic E-state index is 14.0. The summed E-state index contributed by atoms with van der Waals surface area (Å²) in [5.41, 5.74) is -1.74. The highest BCUT2D eigenvalue weighted by Crippen LogP contribution is 2.49. The van der Waals surface area contributed by atoms with Crippen LogP contribution < -0.4 is 0 Å². The average Bonchev–Trinajstić information content (AvgIpc) is 3.01. The summed E-state index contributed by atoms with van der Waals surface area (Å²) in [4.78, 5) is 4.09. The Labute approximate surface area is 170 Å². The van der Waals surface area contributed by atoms with Crippen molar-refractivity contribution in [3.63, 3.8) is 0 Å². The van der Waals surface area contributed by atoms with E-state index in [0.717, 1.165) is 0 Å². The van der Waals surface area contributed by atoms with E-state index in [-0.39, 0.29) is 30.8 Å². The zero-order valence-electron chi connectivity index (χ0n) is 12.8. The second kappa shape index (κ2) is 6.97. The van der Waals surface area contributed by atoms with Gasteiger partial charge < -0.3 is 0 Å². The van der Waals surface area contributed by atoms with E-state index in [4.69, 9.17) is 34.8 Å². The quantitative estimate of drug-likeness (QED) is 0.311. The summed E-state index contributed by atoms with van der Waals surface area (Å²) in [6, 6.07) is 6.31. The fourth-order valence-corrected chi connectivity index (χ4v) is 3.85. The SMILES string of the molecule is Fc1ccc(C2=NC[C@](c3cc(Cl)c(Cl)c(Cl)c3)(C(F)(F)F)C2)cc1Br. The van der Waals surface area contributed by atoms with Crippen LogP contribution in [-0.2, 0) is 5.41 Å². The highest BCUT2D eigenvalue weighted by molar-refractivity contribution is 9.10. The van der Waals surface area contributed by atoms with E-state index in [9.17, 15) is 17.6 Å². The van der Waals surface area contributed by atoms with Gasteiger partial charge in [0.05, 0.1) is 26.1 Å². The van der Waals surface area contributed by atoms with Crippen LogP contribution in [0.5, 0.6) is 0 Å². The van der Waals surface area contributed by atoms with Gasteiger partial charge in [0, 0.05) is 12.1 Å². The van der Waals surface area contributed by atoms with Crippen LogP contribution in [0, 0.1) is 5.82 Å². The number of rotatable bonds is 2. The average molecular weight is 490 g/mol. The largest absolute Gasteiger partial charge is 0.400 e.